The number of hydrogen-bond donors (Lipinski definition) is 0. The van der Waals surface area contributed by atoms with E-state index < -0.39 is 0 Å². The molecule has 0 saturated heterocycles. The molecule has 0 aliphatic rings. The summed E-state index contributed by atoms with van der Waals surface area (Å²) >= 11 is 3.39. The Labute approximate surface area is 98.8 Å². The fourth-order valence-corrected chi connectivity index (χ4v) is 1.60. The van der Waals surface area contributed by atoms with Crippen molar-refractivity contribution in [3.8, 4) is 5.75 Å². The molecule has 1 rings (SSSR count). The Bertz CT molecular complexity index is 282. The van der Waals surface area contributed by atoms with E-state index in [9.17, 15) is 4.79 Å². The predicted molar refractivity (Wildman–Crippen MR) is 65.0 cm³/mol. The van der Waals surface area contributed by atoms with Crippen LogP contribution in [0.25, 0.3) is 0 Å². The van der Waals surface area contributed by atoms with E-state index in [1.165, 1.54) is 12.8 Å². The molecular weight excluding hydrogens is 256 g/mol. The van der Waals surface area contributed by atoms with E-state index in [4.69, 9.17) is 4.74 Å². The van der Waals surface area contributed by atoms with Gasteiger partial charge in [-0.3, -0.25) is 4.79 Å². The third-order valence-electron chi connectivity index (χ3n) is 2.06. The van der Waals surface area contributed by atoms with Crippen molar-refractivity contribution in [2.45, 2.75) is 19.3 Å². The first-order valence-corrected chi connectivity index (χ1v) is 6.23. The summed E-state index contributed by atoms with van der Waals surface area (Å²) in [7, 11) is 0. The number of ether oxygens (including phenoxy) is 1. The molecule has 0 aliphatic heterocycles. The minimum absolute atomic E-state index is 0.682. The number of carbonyl (C=O) groups excluding carboxylic acids is 1. The molecule has 15 heavy (non-hydrogen) atoms. The second kappa shape index (κ2) is 7.46. The van der Waals surface area contributed by atoms with Gasteiger partial charge < -0.3 is 4.74 Å². The summed E-state index contributed by atoms with van der Waals surface area (Å²) in [5.74, 6) is 0.833. The Morgan fingerprint density at radius 1 is 1.13 bits per heavy atom. The average Bonchev–Trinajstić information content (AvgIpc) is 2.30. The Hall–Kier alpha value is -0.830. The standard InChI is InChI=1S/C12H15BrO2/c13-8-2-1-3-9-15-12-6-4-11(10-14)5-7-12/h4-7,10H,1-3,8-9H2. The second-order valence-electron chi connectivity index (χ2n) is 3.28. The third kappa shape index (κ3) is 4.98. The average molecular weight is 271 g/mol. The van der Waals surface area contributed by atoms with Crippen molar-refractivity contribution in [3.63, 3.8) is 0 Å². The fourth-order valence-electron chi connectivity index (χ4n) is 1.21. The van der Waals surface area contributed by atoms with E-state index >= 15 is 0 Å². The molecule has 0 fully saturated rings. The summed E-state index contributed by atoms with van der Waals surface area (Å²) in [6.45, 7) is 0.743. The van der Waals surface area contributed by atoms with Gasteiger partial charge in [-0.15, -0.1) is 0 Å². The molecule has 0 saturated carbocycles. The molecule has 2 nitrogen and oxygen atoms in total. The van der Waals surface area contributed by atoms with Crippen LogP contribution in [0.3, 0.4) is 0 Å². The lowest BCUT2D eigenvalue weighted by Crippen LogP contribution is -1.97. The second-order valence-corrected chi connectivity index (χ2v) is 4.08. The first kappa shape index (κ1) is 12.2. The van der Waals surface area contributed by atoms with Gasteiger partial charge in [-0.1, -0.05) is 15.9 Å². The van der Waals surface area contributed by atoms with Gasteiger partial charge in [-0.25, -0.2) is 0 Å². The maximum atomic E-state index is 10.4. The smallest absolute Gasteiger partial charge is 0.150 e. The minimum Gasteiger partial charge on any atom is -0.494 e. The molecule has 0 heterocycles. The van der Waals surface area contributed by atoms with Crippen molar-refractivity contribution in [2.24, 2.45) is 0 Å². The highest BCUT2D eigenvalue weighted by atomic mass is 79.9. The van der Waals surface area contributed by atoms with Gasteiger partial charge in [-0.2, -0.15) is 0 Å². The van der Waals surface area contributed by atoms with Crippen LogP contribution in [0, 0.1) is 0 Å². The Morgan fingerprint density at radius 2 is 1.87 bits per heavy atom. The van der Waals surface area contributed by atoms with E-state index in [-0.39, 0.29) is 0 Å². The molecule has 1 aromatic carbocycles. The van der Waals surface area contributed by atoms with E-state index in [0.29, 0.717) is 5.56 Å². The van der Waals surface area contributed by atoms with Gasteiger partial charge in [0.1, 0.15) is 12.0 Å². The zero-order valence-corrected chi connectivity index (χ0v) is 10.2. The molecule has 0 unspecified atom stereocenters. The highest BCUT2D eigenvalue weighted by molar-refractivity contribution is 9.09. The van der Waals surface area contributed by atoms with Gasteiger partial charge in [0.25, 0.3) is 0 Å². The number of rotatable bonds is 7. The summed E-state index contributed by atoms with van der Waals surface area (Å²) in [6.07, 6.45) is 4.27. The third-order valence-corrected chi connectivity index (χ3v) is 2.62. The Morgan fingerprint density at radius 3 is 2.47 bits per heavy atom. The molecule has 0 atom stereocenters. The van der Waals surface area contributed by atoms with E-state index in [1.54, 1.807) is 12.1 Å². The lowest BCUT2D eigenvalue weighted by atomic mass is 10.2. The molecule has 0 spiro atoms. The zero-order valence-electron chi connectivity index (χ0n) is 8.62. The molecule has 0 aliphatic carbocycles. The van der Waals surface area contributed by atoms with Gasteiger partial charge in [0.05, 0.1) is 6.61 Å². The molecule has 0 N–H and O–H groups in total. The Kier molecular flexibility index (Phi) is 6.09. The van der Waals surface area contributed by atoms with Crippen LogP contribution in [0.2, 0.25) is 0 Å². The largest absolute Gasteiger partial charge is 0.494 e. The van der Waals surface area contributed by atoms with Crippen LogP contribution in [0.1, 0.15) is 29.6 Å². The van der Waals surface area contributed by atoms with Crippen molar-refractivity contribution in [2.75, 3.05) is 11.9 Å². The van der Waals surface area contributed by atoms with Crippen LogP contribution in [0.15, 0.2) is 24.3 Å². The van der Waals surface area contributed by atoms with Gasteiger partial charge in [0.2, 0.25) is 0 Å². The van der Waals surface area contributed by atoms with E-state index in [0.717, 1.165) is 30.4 Å². The van der Waals surface area contributed by atoms with Crippen molar-refractivity contribution in [1.29, 1.82) is 0 Å². The van der Waals surface area contributed by atoms with E-state index in [2.05, 4.69) is 15.9 Å². The highest BCUT2D eigenvalue weighted by Crippen LogP contribution is 2.11. The molecule has 0 radical (unpaired) electrons. The van der Waals surface area contributed by atoms with Crippen LogP contribution in [-0.2, 0) is 0 Å². The summed E-state index contributed by atoms with van der Waals surface area (Å²) in [5.41, 5.74) is 0.682. The number of aldehydes is 1. The molecule has 1 aromatic rings. The number of carbonyl (C=O) groups is 1. The molecule has 0 amide bonds. The van der Waals surface area contributed by atoms with Crippen molar-refractivity contribution < 1.29 is 9.53 Å². The first-order chi connectivity index (χ1) is 7.36. The summed E-state index contributed by atoms with van der Waals surface area (Å²) in [4.78, 5) is 10.4. The van der Waals surface area contributed by atoms with Crippen LogP contribution in [0.5, 0.6) is 5.75 Å². The van der Waals surface area contributed by atoms with Gasteiger partial charge in [-0.05, 0) is 43.5 Å². The summed E-state index contributed by atoms with van der Waals surface area (Å²) in [6, 6.07) is 7.18. The number of benzene rings is 1. The maximum absolute atomic E-state index is 10.4. The number of halogens is 1. The molecule has 0 bridgehead atoms. The fraction of sp³-hybridized carbons (Fsp3) is 0.417. The van der Waals surface area contributed by atoms with Crippen molar-refractivity contribution in [1.82, 2.24) is 0 Å². The van der Waals surface area contributed by atoms with Crippen LogP contribution in [0.4, 0.5) is 0 Å². The molecule has 82 valence electrons. The Balaban J connectivity index is 2.22. The molecule has 0 aromatic heterocycles. The number of hydrogen-bond acceptors (Lipinski definition) is 2. The monoisotopic (exact) mass is 270 g/mol. The van der Waals surface area contributed by atoms with Crippen LogP contribution < -0.4 is 4.74 Å². The normalized spacial score (nSPS) is 9.93. The van der Waals surface area contributed by atoms with Gasteiger partial charge >= 0.3 is 0 Å². The lowest BCUT2D eigenvalue weighted by molar-refractivity contribution is 0.112. The summed E-state index contributed by atoms with van der Waals surface area (Å²) in [5, 5.41) is 1.06. The highest BCUT2D eigenvalue weighted by Gasteiger charge is 1.94. The van der Waals surface area contributed by atoms with Crippen molar-refractivity contribution >= 4 is 22.2 Å². The SMILES string of the molecule is O=Cc1ccc(OCCCCCBr)cc1. The van der Waals surface area contributed by atoms with Crippen molar-refractivity contribution in [3.05, 3.63) is 29.8 Å². The number of unbranched alkanes of at least 4 members (excludes halogenated alkanes) is 2. The van der Waals surface area contributed by atoms with Gasteiger partial charge in [0.15, 0.2) is 0 Å². The van der Waals surface area contributed by atoms with Gasteiger partial charge in [0, 0.05) is 10.9 Å². The summed E-state index contributed by atoms with van der Waals surface area (Å²) < 4.78 is 5.52. The maximum Gasteiger partial charge on any atom is 0.150 e. The van der Waals surface area contributed by atoms with E-state index in [1.807, 2.05) is 12.1 Å². The van der Waals surface area contributed by atoms with Crippen LogP contribution in [-0.4, -0.2) is 18.2 Å². The number of alkyl halides is 1. The molecular formula is C12H15BrO2. The first-order valence-electron chi connectivity index (χ1n) is 5.11. The minimum atomic E-state index is 0.682. The molecule has 3 heteroatoms. The quantitative estimate of drug-likeness (QED) is 0.431. The zero-order chi connectivity index (χ0) is 10.9. The van der Waals surface area contributed by atoms with Crippen LogP contribution >= 0.6 is 15.9 Å². The predicted octanol–water partition coefficient (Wildman–Crippen LogP) is 3.44. The topological polar surface area (TPSA) is 26.3 Å². The lowest BCUT2D eigenvalue weighted by Gasteiger charge is -2.05.